The predicted molar refractivity (Wildman–Crippen MR) is 70.3 cm³/mol. The largest absolute Gasteiger partial charge is 0.422 e. The average Bonchev–Trinajstić information content (AvgIpc) is 2.84. The van der Waals surface area contributed by atoms with Crippen LogP contribution in [-0.4, -0.2) is 11.0 Å². The van der Waals surface area contributed by atoms with Gasteiger partial charge in [-0.3, -0.25) is 9.36 Å². The molecule has 1 heterocycles. The fourth-order valence-corrected chi connectivity index (χ4v) is 1.96. The lowest BCUT2D eigenvalue weighted by Crippen LogP contribution is -2.18. The van der Waals surface area contributed by atoms with E-state index in [0.717, 1.165) is 11.2 Å². The predicted octanol–water partition coefficient (Wildman–Crippen LogP) is 1.79. The second-order valence-corrected chi connectivity index (χ2v) is 3.88. The first-order valence-electron chi connectivity index (χ1n) is 5.79. The number of fused-ring (bicyclic) bond motifs is 1. The number of para-hydroxylation sites is 3. The summed E-state index contributed by atoms with van der Waals surface area (Å²) in [4.78, 5) is 10.4. The van der Waals surface area contributed by atoms with Gasteiger partial charge in [-0.2, -0.15) is 0 Å². The molecular formula is C14H11N3O2. The lowest BCUT2D eigenvalue weighted by Gasteiger charge is -2.02. The number of nitrogens with one attached hydrogen (secondary N) is 1. The van der Waals surface area contributed by atoms with E-state index < -0.39 is 0 Å². The Hall–Kier alpha value is -2.82. The Morgan fingerprint density at radius 2 is 1.79 bits per heavy atom. The van der Waals surface area contributed by atoms with E-state index in [0.29, 0.717) is 17.7 Å². The monoisotopic (exact) mass is 253 g/mol. The third-order valence-corrected chi connectivity index (χ3v) is 2.73. The lowest BCUT2D eigenvalue weighted by atomic mass is 10.3. The second-order valence-electron chi connectivity index (χ2n) is 3.88. The summed E-state index contributed by atoms with van der Waals surface area (Å²) in [5, 5.41) is 3.92. The summed E-state index contributed by atoms with van der Waals surface area (Å²) in [6, 6.07) is 17.3. The van der Waals surface area contributed by atoms with Gasteiger partial charge in [-0.1, -0.05) is 30.3 Å². The average molecular weight is 253 g/mol. The minimum absolute atomic E-state index is 0.319. The van der Waals surface area contributed by atoms with Crippen LogP contribution in [0.4, 0.5) is 0 Å². The lowest BCUT2D eigenvalue weighted by molar-refractivity contribution is -0.109. The molecule has 0 radical (unpaired) electrons. The highest BCUT2D eigenvalue weighted by Crippen LogP contribution is 2.16. The zero-order valence-corrected chi connectivity index (χ0v) is 9.98. The number of oxazole rings is 1. The van der Waals surface area contributed by atoms with E-state index in [1.165, 1.54) is 0 Å². The van der Waals surface area contributed by atoms with E-state index in [-0.39, 0.29) is 0 Å². The van der Waals surface area contributed by atoms with Crippen LogP contribution >= 0.6 is 0 Å². The Kier molecular flexibility index (Phi) is 2.86. The van der Waals surface area contributed by atoms with Crippen molar-refractivity contribution in [2.45, 2.75) is 0 Å². The van der Waals surface area contributed by atoms with Crippen molar-refractivity contribution in [1.82, 2.24) is 9.99 Å². The van der Waals surface area contributed by atoms with E-state index in [4.69, 9.17) is 4.42 Å². The number of rotatable bonds is 3. The van der Waals surface area contributed by atoms with E-state index in [9.17, 15) is 4.79 Å². The maximum absolute atomic E-state index is 10.4. The van der Waals surface area contributed by atoms with Crippen LogP contribution in [-0.2, 0) is 4.79 Å². The number of hydrogen-bond donors (Lipinski definition) is 1. The number of carbonyl (C=O) groups excluding carboxylic acids is 1. The van der Waals surface area contributed by atoms with Crippen molar-refractivity contribution in [3.05, 3.63) is 60.3 Å². The van der Waals surface area contributed by atoms with Crippen molar-refractivity contribution < 1.29 is 9.21 Å². The quantitative estimate of drug-likeness (QED) is 0.571. The van der Waals surface area contributed by atoms with Crippen molar-refractivity contribution in [1.29, 1.82) is 0 Å². The van der Waals surface area contributed by atoms with Gasteiger partial charge in [0.1, 0.15) is 0 Å². The van der Waals surface area contributed by atoms with Gasteiger partial charge in [0, 0.05) is 0 Å². The third kappa shape index (κ3) is 2.01. The molecule has 19 heavy (non-hydrogen) atoms. The molecule has 1 aromatic heterocycles. The van der Waals surface area contributed by atoms with Gasteiger partial charge in [0.25, 0.3) is 0 Å². The highest BCUT2D eigenvalue weighted by atomic mass is 16.4. The summed E-state index contributed by atoms with van der Waals surface area (Å²) in [6.07, 6.45) is 0.502. The highest BCUT2D eigenvalue weighted by molar-refractivity contribution is 5.74. The molecule has 5 heteroatoms. The summed E-state index contributed by atoms with van der Waals surface area (Å²) >= 11 is 0. The number of aromatic nitrogens is 1. The summed E-state index contributed by atoms with van der Waals surface area (Å²) in [6.45, 7) is 0. The van der Waals surface area contributed by atoms with Gasteiger partial charge < -0.3 is 4.42 Å². The molecule has 1 N–H and O–H groups in total. The maximum Gasteiger partial charge on any atom is 0.324 e. The molecule has 5 nitrogen and oxygen atoms in total. The van der Waals surface area contributed by atoms with Gasteiger partial charge in [0.15, 0.2) is 5.58 Å². The van der Waals surface area contributed by atoms with E-state index >= 15 is 0 Å². The molecule has 0 atom stereocenters. The Morgan fingerprint density at radius 1 is 1.05 bits per heavy atom. The van der Waals surface area contributed by atoms with Crippen LogP contribution < -0.4 is 11.1 Å². The van der Waals surface area contributed by atoms with E-state index in [1.54, 1.807) is 0 Å². The molecule has 0 unspecified atom stereocenters. The van der Waals surface area contributed by atoms with E-state index in [1.807, 2.05) is 59.2 Å². The van der Waals surface area contributed by atoms with Gasteiger partial charge >= 0.3 is 5.68 Å². The fraction of sp³-hybridized carbons (Fsp3) is 0. The van der Waals surface area contributed by atoms with Crippen molar-refractivity contribution in [3.63, 3.8) is 0 Å². The Morgan fingerprint density at radius 3 is 2.58 bits per heavy atom. The van der Waals surface area contributed by atoms with Crippen LogP contribution in [0.15, 0.2) is 64.1 Å². The fourth-order valence-electron chi connectivity index (χ4n) is 1.96. The number of nitrogens with zero attached hydrogens (tertiary/aromatic N) is 2. The van der Waals surface area contributed by atoms with Crippen LogP contribution in [0.1, 0.15) is 0 Å². The summed E-state index contributed by atoms with van der Waals surface area (Å²) in [7, 11) is 0. The first-order chi connectivity index (χ1) is 9.40. The maximum atomic E-state index is 10.4. The Balaban J connectivity index is 2.34. The molecule has 3 rings (SSSR count). The van der Waals surface area contributed by atoms with Crippen LogP contribution in [0.25, 0.3) is 16.8 Å². The first-order valence-corrected chi connectivity index (χ1v) is 5.79. The van der Waals surface area contributed by atoms with Gasteiger partial charge in [-0.25, -0.2) is 5.43 Å². The zero-order valence-electron chi connectivity index (χ0n) is 9.98. The molecular weight excluding hydrogens is 242 g/mol. The minimum atomic E-state index is 0.319. The topological polar surface area (TPSA) is 59.5 Å². The van der Waals surface area contributed by atoms with E-state index in [2.05, 4.69) is 10.5 Å². The van der Waals surface area contributed by atoms with Gasteiger partial charge in [0.2, 0.25) is 6.41 Å². The molecule has 3 aromatic rings. The van der Waals surface area contributed by atoms with Gasteiger partial charge in [0.05, 0.1) is 11.2 Å². The molecule has 0 saturated carbocycles. The van der Waals surface area contributed by atoms with Crippen molar-refractivity contribution in [2.75, 3.05) is 0 Å². The standard InChI is InChI=1S/C14H11N3O2/c18-10-15-16-14-17(11-6-2-1-3-7-11)12-8-4-5-9-13(12)19-14/h1-10H,(H,15,18). The number of carbonyl (C=O) groups is 1. The molecule has 0 aliphatic rings. The third-order valence-electron chi connectivity index (χ3n) is 2.73. The summed E-state index contributed by atoms with van der Waals surface area (Å²) in [5.74, 6) is 0. The summed E-state index contributed by atoms with van der Waals surface area (Å²) < 4.78 is 7.47. The van der Waals surface area contributed by atoms with Crippen LogP contribution in [0.5, 0.6) is 0 Å². The van der Waals surface area contributed by atoms with Gasteiger partial charge in [-0.05, 0) is 24.3 Å². The van der Waals surface area contributed by atoms with Crippen LogP contribution in [0.3, 0.4) is 0 Å². The Labute approximate surface area is 108 Å². The number of hydrogen-bond acceptors (Lipinski definition) is 3. The zero-order chi connectivity index (χ0) is 13.1. The highest BCUT2D eigenvalue weighted by Gasteiger charge is 2.08. The van der Waals surface area contributed by atoms with Gasteiger partial charge in [-0.15, -0.1) is 5.10 Å². The van der Waals surface area contributed by atoms with Crippen molar-refractivity contribution in [2.24, 2.45) is 5.10 Å². The second kappa shape index (κ2) is 4.81. The first kappa shape index (κ1) is 11.3. The SMILES string of the molecule is O=CNN=c1oc2ccccc2n1-c1ccccc1. The van der Waals surface area contributed by atoms with Crippen molar-refractivity contribution in [3.8, 4) is 5.69 Å². The summed E-state index contributed by atoms with van der Waals surface area (Å²) in [5.41, 5.74) is 5.10. The van der Waals surface area contributed by atoms with Crippen LogP contribution in [0.2, 0.25) is 0 Å². The molecule has 2 aromatic carbocycles. The molecule has 94 valence electrons. The number of amides is 1. The normalized spacial score (nSPS) is 11.7. The smallest absolute Gasteiger partial charge is 0.324 e. The van der Waals surface area contributed by atoms with Crippen LogP contribution in [0, 0.1) is 0 Å². The molecule has 0 bridgehead atoms. The molecule has 0 spiro atoms. The Bertz CT molecular complexity index is 772. The molecule has 0 aliphatic carbocycles. The number of benzene rings is 2. The minimum Gasteiger partial charge on any atom is -0.422 e. The molecule has 0 aliphatic heterocycles. The molecule has 0 saturated heterocycles. The molecule has 1 amide bonds. The molecule has 0 fully saturated rings. The van der Waals surface area contributed by atoms with Crippen molar-refractivity contribution >= 4 is 17.5 Å².